The van der Waals surface area contributed by atoms with Gasteiger partial charge >= 0.3 is 128 Å². The maximum atomic E-state index is 13.5. The van der Waals surface area contributed by atoms with Gasteiger partial charge in [0, 0.05) is 18.9 Å². The van der Waals surface area contributed by atoms with Crippen molar-refractivity contribution in [2.75, 3.05) is 20.3 Å². The fraction of sp³-hybridized carbons (Fsp3) is 0.0976. The summed E-state index contributed by atoms with van der Waals surface area (Å²) in [6.45, 7) is 60.0. The Balaban J connectivity index is -0.00000110. The molecule has 458 valence electrons. The number of halogens is 9. The number of ether oxygens (including phenoxy) is 1. The monoisotopic (exact) mass is 1350 g/mol. The molecule has 1 aromatic carbocycles. The minimum Gasteiger partial charge on any atom is -0.848 e. The van der Waals surface area contributed by atoms with Crippen LogP contribution in [-0.2, 0) is 49.0 Å². The second-order valence-electron chi connectivity index (χ2n) is 14.2. The summed E-state index contributed by atoms with van der Waals surface area (Å²) >= 11 is 0. The summed E-state index contributed by atoms with van der Waals surface area (Å²) in [7, 11) is -17.0. The Morgan fingerprint density at radius 1 is 0.617 bits per heavy atom. The Kier molecular flexibility index (Phi) is 35.8. The van der Waals surface area contributed by atoms with Gasteiger partial charge in [0.25, 0.3) is 21.7 Å². The Hall–Kier alpha value is -9.44. The number of aromatic nitrogens is 6. The fourth-order valence-corrected chi connectivity index (χ4v) is 7.47. The van der Waals surface area contributed by atoms with Crippen molar-refractivity contribution in [2.24, 2.45) is 19.4 Å². The summed E-state index contributed by atoms with van der Waals surface area (Å²) in [5, 5.41) is 33.1. The summed E-state index contributed by atoms with van der Waals surface area (Å²) in [6.07, 6.45) is 2.15. The second kappa shape index (κ2) is 37.9. The quantitative estimate of drug-likeness (QED) is 0.00979. The van der Waals surface area contributed by atoms with Crippen LogP contribution in [0.25, 0.3) is 63.2 Å². The predicted octanol–water partition coefficient (Wildman–Crippen LogP) is -8.96. The SMILES string of the molecule is [C-]#[N+]C1=NC(=NS(=O)(=O)c2c(F)c(F)c(F)c(F)c2F)NC1=C=[N-].[C-]#[N+]C1=NC(=[N+]2C([O-])=CC=C2[O-])N=C1[N+]#[C-].[C-]#[N+]c1nc([N-]S(=C)(=O)C(F)(F)F)[nH]c1[N+]#[C-].[C-]#[N+]c1nc([N-]S(=C)(=O)F)[nH]c1[N+]#[C-].[C-]#[N+]c1nc([N-]S(=O)(=O)OCCOC)[nH]c1[N+]#[C-].[Li+].[Li+].[Li+].[Li+].[Li+]. The summed E-state index contributed by atoms with van der Waals surface area (Å²) in [6, 6.07) is 0. The number of alkyl halides is 3. The number of guanidine groups is 2. The van der Waals surface area contributed by atoms with Gasteiger partial charge in [-0.15, -0.1) is 8.88 Å². The van der Waals surface area contributed by atoms with E-state index in [0.29, 0.717) is 4.58 Å². The third-order valence-corrected chi connectivity index (χ3v) is 12.3. The van der Waals surface area contributed by atoms with Crippen LogP contribution in [0.3, 0.4) is 0 Å². The molecule has 6 heterocycles. The Labute approximate surface area is 583 Å². The number of imidazole rings is 3. The van der Waals surface area contributed by atoms with Crippen molar-refractivity contribution >= 4 is 140 Å². The molecule has 0 saturated carbocycles. The van der Waals surface area contributed by atoms with Crippen LogP contribution in [0.5, 0.6) is 0 Å². The minimum absolute atomic E-state index is 0. The first kappa shape index (κ1) is 88.8. The molecule has 0 aliphatic carbocycles. The van der Waals surface area contributed by atoms with E-state index in [-0.39, 0.29) is 166 Å². The largest absolute Gasteiger partial charge is 1.00 e. The first-order valence-electron chi connectivity index (χ1n) is 20.9. The molecule has 4 N–H and O–H groups in total. The van der Waals surface area contributed by atoms with Crippen LogP contribution in [0.4, 0.5) is 91.8 Å². The van der Waals surface area contributed by atoms with Crippen molar-refractivity contribution in [1.29, 1.82) is 0 Å². The van der Waals surface area contributed by atoms with E-state index in [1.54, 1.807) is 0 Å². The smallest absolute Gasteiger partial charge is 0.848 e. The van der Waals surface area contributed by atoms with E-state index in [0.717, 1.165) is 12.2 Å². The summed E-state index contributed by atoms with van der Waals surface area (Å²) in [5.41, 5.74) is -5.62. The summed E-state index contributed by atoms with van der Waals surface area (Å²) < 4.78 is 204. The van der Waals surface area contributed by atoms with Gasteiger partial charge in [-0.25, -0.2) is 35.5 Å². The molecular formula is C41H17F9Li5N25O10S4. The number of nitrogens with one attached hydrogen (secondary N) is 4. The van der Waals surface area contributed by atoms with Crippen molar-refractivity contribution in [1.82, 2.24) is 35.2 Å². The predicted molar refractivity (Wildman–Crippen MR) is 286 cm³/mol. The van der Waals surface area contributed by atoms with Gasteiger partial charge in [0.1, 0.15) is 33.1 Å². The molecule has 35 nitrogen and oxygen atoms in total. The number of hydrogen-bond acceptors (Lipinski definition) is 13. The maximum Gasteiger partial charge on any atom is 1.00 e. The number of benzene rings is 1. The average molecular weight is 1350 g/mol. The Bertz CT molecular complexity index is 4600. The number of allylic oxidation sites excluding steroid dienone is 2. The van der Waals surface area contributed by atoms with Crippen LogP contribution < -0.4 is 110 Å². The van der Waals surface area contributed by atoms with Crippen LogP contribution in [0.2, 0.25) is 0 Å². The molecule has 0 saturated heterocycles. The van der Waals surface area contributed by atoms with Gasteiger partial charge in [0.05, 0.1) is 18.9 Å². The maximum absolute atomic E-state index is 13.5. The number of nitrogens with zero attached hydrogens (tertiary/aromatic N) is 21. The zero-order valence-electron chi connectivity index (χ0n) is 47.5. The average Bonchev–Trinajstić information content (AvgIpc) is 1.08. The van der Waals surface area contributed by atoms with Gasteiger partial charge in [-0.1, -0.05) is 73.5 Å². The van der Waals surface area contributed by atoms with Crippen molar-refractivity contribution in [2.45, 2.75) is 10.4 Å². The van der Waals surface area contributed by atoms with E-state index < -0.39 is 121 Å². The summed E-state index contributed by atoms with van der Waals surface area (Å²) in [5.74, 6) is -12.6. The van der Waals surface area contributed by atoms with E-state index in [1.807, 2.05) is 10.3 Å². The number of methoxy groups -OCH3 is 1. The number of amidine groups is 3. The van der Waals surface area contributed by atoms with Gasteiger partial charge in [0.2, 0.25) is 23.3 Å². The molecular weight excluding hydrogens is 1340 g/mol. The van der Waals surface area contributed by atoms with Crippen molar-refractivity contribution in [3.8, 4) is 0 Å². The Morgan fingerprint density at radius 3 is 1.32 bits per heavy atom. The number of hydrogen-bond donors (Lipinski definition) is 4. The van der Waals surface area contributed by atoms with Crippen molar-refractivity contribution in [3.63, 3.8) is 0 Å². The van der Waals surface area contributed by atoms with E-state index >= 15 is 0 Å². The second-order valence-corrected chi connectivity index (χ2v) is 20.3. The van der Waals surface area contributed by atoms with Gasteiger partial charge in [-0.3, -0.25) is 23.7 Å². The summed E-state index contributed by atoms with van der Waals surface area (Å²) in [4.78, 5) is 51.2. The third-order valence-electron chi connectivity index (χ3n) is 8.51. The molecule has 0 fully saturated rings. The normalized spacial score (nSPS) is 13.8. The van der Waals surface area contributed by atoms with Crippen LogP contribution in [0.15, 0.2) is 53.9 Å². The van der Waals surface area contributed by atoms with Crippen LogP contribution in [0, 0.1) is 88.2 Å². The van der Waals surface area contributed by atoms with E-state index in [1.165, 1.54) is 13.0 Å². The minimum atomic E-state index is -5.43. The van der Waals surface area contributed by atoms with Crippen LogP contribution in [-0.4, -0.2) is 133 Å². The molecule has 3 aliphatic rings. The zero-order valence-corrected chi connectivity index (χ0v) is 50.8. The van der Waals surface area contributed by atoms with E-state index in [9.17, 15) is 74.5 Å². The number of rotatable bonds is 12. The van der Waals surface area contributed by atoms with Gasteiger partial charge in [-0.2, -0.15) is 30.0 Å². The van der Waals surface area contributed by atoms with Gasteiger partial charge in [-0.05, 0) is 23.9 Å². The fourth-order valence-electron chi connectivity index (χ4n) is 4.99. The van der Waals surface area contributed by atoms with Crippen LogP contribution >= 0.6 is 0 Å². The molecule has 0 bridgehead atoms. The molecule has 7 rings (SSSR count). The first-order valence-corrected chi connectivity index (χ1v) is 26.9. The number of sulfonamides is 1. The Morgan fingerprint density at radius 2 is 1.00 bits per heavy atom. The zero-order chi connectivity index (χ0) is 67.6. The number of aliphatic imine (C=N–C) groups is 3. The first-order chi connectivity index (χ1) is 41.5. The molecule has 2 unspecified atom stereocenters. The standard InChI is InChI=1S/C11HF5N5O2S.C9H2N5O2.C8H8N5O4S.C7H3F3N5OS.C6H3FN5OS.5Li/c1-18-10-3(2-17)19-11(20-10)21-24(22,23)9-7(15)5(13)4(12)6(14)8(9)16;1-10-7-8(11-2)13-9(12-7)14-5(15)3-4-6(14)16;1-9-6-7(10-2)12-8(11-6)13-18(14,15)17-5-4-16-3;1-11-4-5(12-2)14-6(13-4)15-17(3,16)7(8,9)10;1-8-4-5(9-2)11-6(10-4)12-14(3,7)13;;;;;/h(H,19,21);3-4H;4-5H2,3H3,(H-,11,12,13);3H2,(H-,13,14,15,16);3H2,(H-,10,11,12,13);;;;;/q5*-1;5*+1. The molecule has 2 atom stereocenters. The van der Waals surface area contributed by atoms with Gasteiger partial charge in [0.15, 0.2) is 50.2 Å². The molecule has 0 radical (unpaired) electrons. The van der Waals surface area contributed by atoms with Crippen molar-refractivity contribution in [3.05, 3.63) is 181 Å². The molecule has 4 aromatic rings. The third kappa shape index (κ3) is 23.6. The molecule has 0 amide bonds. The van der Waals surface area contributed by atoms with Gasteiger partial charge < -0.3 is 99.2 Å². The molecule has 3 aliphatic heterocycles. The molecule has 94 heavy (non-hydrogen) atoms. The number of H-pyrrole nitrogens is 3. The van der Waals surface area contributed by atoms with E-state index in [4.69, 9.17) is 64.6 Å². The van der Waals surface area contributed by atoms with E-state index in [2.05, 4.69) is 123 Å². The number of aromatic amines is 3. The van der Waals surface area contributed by atoms with Crippen molar-refractivity contribution < 1.29 is 182 Å². The molecule has 3 aromatic heterocycles. The molecule has 53 heteroatoms. The topological polar surface area (TPSA) is 421 Å². The molecule has 0 spiro atoms. The van der Waals surface area contributed by atoms with Crippen LogP contribution in [0.1, 0.15) is 0 Å².